The van der Waals surface area contributed by atoms with Gasteiger partial charge in [0.25, 0.3) is 0 Å². The summed E-state index contributed by atoms with van der Waals surface area (Å²) in [7, 11) is 0. The number of hydrogen-bond acceptors (Lipinski definition) is 3. The van der Waals surface area contributed by atoms with E-state index in [2.05, 4.69) is 4.74 Å². The van der Waals surface area contributed by atoms with E-state index < -0.39 is 40.7 Å². The Hall–Kier alpha value is -2.89. The van der Waals surface area contributed by atoms with Crippen molar-refractivity contribution < 1.29 is 36.2 Å². The maximum absolute atomic E-state index is 12.9. The Balaban J connectivity index is 2.61. The van der Waals surface area contributed by atoms with E-state index in [-0.39, 0.29) is 5.56 Å². The quantitative estimate of drug-likeness (QED) is 0.790. The summed E-state index contributed by atoms with van der Waals surface area (Å²) in [5.74, 6) is -1.86. The fourth-order valence-electron chi connectivity index (χ4n) is 2.00. The van der Waals surface area contributed by atoms with E-state index in [9.17, 15) is 31.4 Å². The minimum atomic E-state index is -4.98. The summed E-state index contributed by atoms with van der Waals surface area (Å²) < 4.78 is 79.1. The van der Waals surface area contributed by atoms with Gasteiger partial charge in [0.2, 0.25) is 0 Å². The Bertz CT molecular complexity index is 805. The molecule has 3 nitrogen and oxygen atoms in total. The summed E-state index contributed by atoms with van der Waals surface area (Å²) in [6.45, 7) is 0. The lowest BCUT2D eigenvalue weighted by atomic mass is 9.98. The molecule has 0 spiro atoms. The van der Waals surface area contributed by atoms with E-state index in [0.29, 0.717) is 6.07 Å². The molecule has 0 amide bonds. The smallest absolute Gasteiger partial charge is 0.507 e. The lowest BCUT2D eigenvalue weighted by molar-refractivity contribution is -0.274. The van der Waals surface area contributed by atoms with E-state index >= 15 is 0 Å². The molecule has 0 heterocycles. The fraction of sp³-hybridized carbons (Fsp3) is 0.133. The minimum absolute atomic E-state index is 0.170. The van der Waals surface area contributed by atoms with Crippen molar-refractivity contribution in [3.8, 4) is 28.7 Å². The first-order valence-corrected chi connectivity index (χ1v) is 6.22. The highest BCUT2D eigenvalue weighted by molar-refractivity contribution is 5.74. The summed E-state index contributed by atoms with van der Waals surface area (Å²) in [6, 6.07) is 6.96. The second-order valence-electron chi connectivity index (χ2n) is 4.61. The van der Waals surface area contributed by atoms with Crippen LogP contribution >= 0.6 is 0 Å². The van der Waals surface area contributed by atoms with Crippen LogP contribution in [0.4, 0.5) is 26.3 Å². The standard InChI is InChI=1S/C15H7F6NO2/c16-14(17,18)12-5-8(7-22)4-11(13(12)23)9-2-1-3-10(6-9)24-15(19,20)21/h1-6,23H. The highest BCUT2D eigenvalue weighted by Crippen LogP contribution is 2.42. The maximum Gasteiger partial charge on any atom is 0.573 e. The Morgan fingerprint density at radius 3 is 2.21 bits per heavy atom. The van der Waals surface area contributed by atoms with Gasteiger partial charge < -0.3 is 9.84 Å². The number of rotatable bonds is 2. The zero-order valence-electron chi connectivity index (χ0n) is 11.5. The number of nitriles is 1. The van der Waals surface area contributed by atoms with E-state index in [1.165, 1.54) is 12.1 Å². The van der Waals surface area contributed by atoms with Gasteiger partial charge in [-0.1, -0.05) is 12.1 Å². The van der Waals surface area contributed by atoms with Crippen molar-refractivity contribution in [2.24, 2.45) is 0 Å². The first-order valence-electron chi connectivity index (χ1n) is 6.22. The molecule has 0 bridgehead atoms. The molecule has 2 rings (SSSR count). The number of aromatic hydroxyl groups is 1. The highest BCUT2D eigenvalue weighted by atomic mass is 19.4. The Kier molecular flexibility index (Phi) is 4.34. The predicted molar refractivity (Wildman–Crippen MR) is 69.9 cm³/mol. The molecular formula is C15H7F6NO2. The minimum Gasteiger partial charge on any atom is -0.507 e. The number of benzene rings is 2. The Morgan fingerprint density at radius 2 is 1.67 bits per heavy atom. The number of ether oxygens (including phenoxy) is 1. The topological polar surface area (TPSA) is 53.2 Å². The van der Waals surface area contributed by atoms with Crippen LogP contribution in [0.2, 0.25) is 0 Å². The van der Waals surface area contributed by atoms with Gasteiger partial charge in [-0.15, -0.1) is 13.2 Å². The second-order valence-corrected chi connectivity index (χ2v) is 4.61. The third kappa shape index (κ3) is 3.90. The van der Waals surface area contributed by atoms with Gasteiger partial charge in [0.05, 0.1) is 17.2 Å². The third-order valence-corrected chi connectivity index (χ3v) is 2.92. The van der Waals surface area contributed by atoms with Crippen LogP contribution < -0.4 is 4.74 Å². The summed E-state index contributed by atoms with van der Waals surface area (Å²) in [6.07, 6.45) is -9.92. The monoisotopic (exact) mass is 347 g/mol. The van der Waals surface area contributed by atoms with Crippen LogP contribution in [0.5, 0.6) is 11.5 Å². The molecule has 2 aromatic carbocycles. The largest absolute Gasteiger partial charge is 0.573 e. The molecule has 1 N–H and O–H groups in total. The van der Waals surface area contributed by atoms with Gasteiger partial charge in [-0.25, -0.2) is 0 Å². The van der Waals surface area contributed by atoms with E-state index in [0.717, 1.165) is 24.3 Å². The first kappa shape index (κ1) is 17.5. The van der Waals surface area contributed by atoms with Crippen molar-refractivity contribution in [2.75, 3.05) is 0 Å². The molecule has 0 aliphatic carbocycles. The summed E-state index contributed by atoms with van der Waals surface area (Å²) in [5.41, 5.74) is -2.47. The van der Waals surface area contributed by atoms with Gasteiger partial charge in [-0.05, 0) is 29.8 Å². The summed E-state index contributed by atoms with van der Waals surface area (Å²) in [4.78, 5) is 0. The zero-order chi connectivity index (χ0) is 18.1. The number of halogens is 6. The molecule has 9 heteroatoms. The second kappa shape index (κ2) is 5.96. The number of nitrogens with zero attached hydrogens (tertiary/aromatic N) is 1. The molecule has 126 valence electrons. The van der Waals surface area contributed by atoms with Crippen molar-refractivity contribution in [3.63, 3.8) is 0 Å². The predicted octanol–water partition coefficient (Wildman–Crippen LogP) is 4.85. The van der Waals surface area contributed by atoms with Crippen LogP contribution in [-0.4, -0.2) is 11.5 Å². The number of alkyl halides is 6. The highest BCUT2D eigenvalue weighted by Gasteiger charge is 2.36. The van der Waals surface area contributed by atoms with Gasteiger partial charge >= 0.3 is 12.5 Å². The van der Waals surface area contributed by atoms with Crippen LogP contribution in [0.3, 0.4) is 0 Å². The molecule has 0 aliphatic rings. The number of phenolic OH excluding ortho intramolecular Hbond substituents is 1. The molecule has 0 saturated heterocycles. The SMILES string of the molecule is N#Cc1cc(-c2cccc(OC(F)(F)F)c2)c(O)c(C(F)(F)F)c1. The van der Waals surface area contributed by atoms with Gasteiger partial charge in [-0.3, -0.25) is 0 Å². The zero-order valence-corrected chi connectivity index (χ0v) is 11.5. The van der Waals surface area contributed by atoms with Crippen molar-refractivity contribution >= 4 is 0 Å². The van der Waals surface area contributed by atoms with Crippen molar-refractivity contribution in [1.29, 1.82) is 5.26 Å². The van der Waals surface area contributed by atoms with E-state index in [1.807, 2.05) is 0 Å². The van der Waals surface area contributed by atoms with E-state index in [1.54, 1.807) is 0 Å². The maximum atomic E-state index is 12.9. The molecule has 0 fully saturated rings. The molecular weight excluding hydrogens is 340 g/mol. The van der Waals surface area contributed by atoms with Gasteiger partial charge in [-0.2, -0.15) is 18.4 Å². The molecule has 0 saturated carbocycles. The van der Waals surface area contributed by atoms with Gasteiger partial charge in [0.15, 0.2) is 0 Å². The summed E-state index contributed by atoms with van der Waals surface area (Å²) in [5, 5.41) is 18.7. The van der Waals surface area contributed by atoms with Crippen molar-refractivity contribution in [3.05, 3.63) is 47.5 Å². The van der Waals surface area contributed by atoms with E-state index in [4.69, 9.17) is 5.26 Å². The normalized spacial score (nSPS) is 11.9. The molecule has 0 radical (unpaired) electrons. The van der Waals surface area contributed by atoms with Crippen LogP contribution in [0.15, 0.2) is 36.4 Å². The molecule has 24 heavy (non-hydrogen) atoms. The lowest BCUT2D eigenvalue weighted by Gasteiger charge is -2.14. The first-order chi connectivity index (χ1) is 11.0. The van der Waals surface area contributed by atoms with Crippen LogP contribution in [0.25, 0.3) is 11.1 Å². The van der Waals surface area contributed by atoms with Crippen LogP contribution in [0, 0.1) is 11.3 Å². The van der Waals surface area contributed by atoms with Crippen molar-refractivity contribution in [2.45, 2.75) is 12.5 Å². The number of hydrogen-bond donors (Lipinski definition) is 1. The molecule has 2 aromatic rings. The fourth-order valence-corrected chi connectivity index (χ4v) is 2.00. The molecule has 0 atom stereocenters. The Morgan fingerprint density at radius 1 is 1.00 bits per heavy atom. The Labute approximate surface area is 131 Å². The molecule has 0 unspecified atom stereocenters. The van der Waals surface area contributed by atoms with Crippen molar-refractivity contribution in [1.82, 2.24) is 0 Å². The lowest BCUT2D eigenvalue weighted by Crippen LogP contribution is -2.17. The average molecular weight is 347 g/mol. The van der Waals surface area contributed by atoms with Crippen LogP contribution in [0.1, 0.15) is 11.1 Å². The average Bonchev–Trinajstić information content (AvgIpc) is 2.44. The summed E-state index contributed by atoms with van der Waals surface area (Å²) >= 11 is 0. The molecule has 0 aromatic heterocycles. The van der Waals surface area contributed by atoms with Crippen LogP contribution in [-0.2, 0) is 6.18 Å². The molecule has 0 aliphatic heterocycles. The van der Waals surface area contributed by atoms with Gasteiger partial charge in [0.1, 0.15) is 11.5 Å². The number of phenols is 1. The van der Waals surface area contributed by atoms with Gasteiger partial charge in [0, 0.05) is 5.56 Å². The third-order valence-electron chi connectivity index (χ3n) is 2.92.